The lowest BCUT2D eigenvalue weighted by atomic mass is 9.79. The van der Waals surface area contributed by atoms with E-state index >= 15 is 0 Å². The van der Waals surface area contributed by atoms with E-state index in [0.29, 0.717) is 18.4 Å². The normalized spacial score (nSPS) is 17.9. The number of hydrogen-bond donors (Lipinski definition) is 0. The second-order valence-electron chi connectivity index (χ2n) is 8.54. The third-order valence-corrected chi connectivity index (χ3v) is 5.28. The van der Waals surface area contributed by atoms with E-state index in [2.05, 4.69) is 18.7 Å². The van der Waals surface area contributed by atoms with Gasteiger partial charge in [0.2, 0.25) is 0 Å². The Kier molecular flexibility index (Phi) is 6.52. The number of piperidine rings is 1. The van der Waals surface area contributed by atoms with Crippen molar-refractivity contribution in [1.82, 2.24) is 4.90 Å². The quantitative estimate of drug-likeness (QED) is 0.699. The zero-order chi connectivity index (χ0) is 21.1. The molecule has 6 nitrogen and oxygen atoms in total. The molecule has 2 rings (SSSR count). The second kappa shape index (κ2) is 8.33. The van der Waals surface area contributed by atoms with Gasteiger partial charge in [-0.3, -0.25) is 9.59 Å². The van der Waals surface area contributed by atoms with Crippen LogP contribution in [0.15, 0.2) is 24.3 Å². The van der Waals surface area contributed by atoms with E-state index in [9.17, 15) is 14.4 Å². The topological polar surface area (TPSA) is 66.9 Å². The van der Waals surface area contributed by atoms with E-state index in [0.717, 1.165) is 18.8 Å². The number of amides is 1. The molecule has 0 saturated carbocycles. The van der Waals surface area contributed by atoms with Gasteiger partial charge in [-0.25, -0.2) is 4.79 Å². The molecule has 1 amide bonds. The fourth-order valence-corrected chi connectivity index (χ4v) is 4.35. The summed E-state index contributed by atoms with van der Waals surface area (Å²) in [7, 11) is 0. The number of rotatable bonds is 6. The standard InChI is InChI=1S/C22H32N2O4/c1-7-23(8-2)17-11-9-16(10-12-17)20(27)28-15-19(26)24-21(3,4)13-18(25)14-22(24,5)6/h9-12H,7-8,13-15H2,1-6H3. The van der Waals surface area contributed by atoms with Gasteiger partial charge in [-0.2, -0.15) is 0 Å². The summed E-state index contributed by atoms with van der Waals surface area (Å²) in [6, 6.07) is 7.20. The maximum atomic E-state index is 12.8. The maximum absolute atomic E-state index is 12.8. The van der Waals surface area contributed by atoms with E-state index in [1.807, 2.05) is 39.8 Å². The van der Waals surface area contributed by atoms with Crippen molar-refractivity contribution in [3.8, 4) is 0 Å². The molecule has 0 aromatic heterocycles. The molecule has 0 radical (unpaired) electrons. The lowest BCUT2D eigenvalue weighted by molar-refractivity contribution is -0.156. The van der Waals surface area contributed by atoms with Gasteiger partial charge in [-0.05, 0) is 65.8 Å². The van der Waals surface area contributed by atoms with Crippen molar-refractivity contribution in [2.45, 2.75) is 65.5 Å². The van der Waals surface area contributed by atoms with Crippen LogP contribution in [-0.4, -0.2) is 53.3 Å². The molecular formula is C22H32N2O4. The monoisotopic (exact) mass is 388 g/mol. The number of hydrogen-bond acceptors (Lipinski definition) is 5. The fraction of sp³-hybridized carbons (Fsp3) is 0.591. The highest BCUT2D eigenvalue weighted by Gasteiger charge is 2.47. The molecule has 0 bridgehead atoms. The van der Waals surface area contributed by atoms with Crippen molar-refractivity contribution >= 4 is 23.3 Å². The Labute approximate surface area is 167 Å². The van der Waals surface area contributed by atoms with E-state index in [-0.39, 0.29) is 18.3 Å². The molecule has 28 heavy (non-hydrogen) atoms. The summed E-state index contributed by atoms with van der Waals surface area (Å²) in [4.78, 5) is 41.1. The molecule has 1 aliphatic heterocycles. The Morgan fingerprint density at radius 1 is 1.00 bits per heavy atom. The van der Waals surface area contributed by atoms with Crippen LogP contribution in [0.1, 0.15) is 64.7 Å². The van der Waals surface area contributed by atoms with Gasteiger partial charge >= 0.3 is 5.97 Å². The number of likely N-dealkylation sites (tertiary alicyclic amines) is 1. The average molecular weight is 389 g/mol. The minimum atomic E-state index is -0.603. The third-order valence-electron chi connectivity index (χ3n) is 5.28. The number of carbonyl (C=O) groups is 3. The van der Waals surface area contributed by atoms with Gasteiger partial charge < -0.3 is 14.5 Å². The minimum Gasteiger partial charge on any atom is -0.452 e. The molecule has 6 heteroatoms. The zero-order valence-electron chi connectivity index (χ0n) is 17.9. The van der Waals surface area contributed by atoms with E-state index in [1.165, 1.54) is 0 Å². The summed E-state index contributed by atoms with van der Waals surface area (Å²) in [5.74, 6) is -0.664. The smallest absolute Gasteiger partial charge is 0.338 e. The number of benzene rings is 1. The first-order valence-corrected chi connectivity index (χ1v) is 9.89. The van der Waals surface area contributed by atoms with Gasteiger partial charge in [0.1, 0.15) is 5.78 Å². The van der Waals surface area contributed by atoms with Gasteiger partial charge in [0.05, 0.1) is 5.56 Å². The van der Waals surface area contributed by atoms with Crippen LogP contribution >= 0.6 is 0 Å². The van der Waals surface area contributed by atoms with Crippen LogP contribution in [0.25, 0.3) is 0 Å². The van der Waals surface area contributed by atoms with Crippen LogP contribution in [0.5, 0.6) is 0 Å². The van der Waals surface area contributed by atoms with Crippen molar-refractivity contribution in [1.29, 1.82) is 0 Å². The maximum Gasteiger partial charge on any atom is 0.338 e. The molecule has 0 N–H and O–H groups in total. The molecule has 0 atom stereocenters. The van der Waals surface area contributed by atoms with Gasteiger partial charge in [-0.1, -0.05) is 0 Å². The van der Waals surface area contributed by atoms with Gasteiger partial charge in [0, 0.05) is 42.7 Å². The highest BCUT2D eigenvalue weighted by atomic mass is 16.5. The summed E-state index contributed by atoms with van der Waals surface area (Å²) < 4.78 is 5.28. The van der Waals surface area contributed by atoms with Crippen LogP contribution in [0.3, 0.4) is 0 Å². The highest BCUT2D eigenvalue weighted by Crippen LogP contribution is 2.36. The molecule has 0 aliphatic carbocycles. The predicted octanol–water partition coefficient (Wildman–Crippen LogP) is 3.44. The van der Waals surface area contributed by atoms with Gasteiger partial charge in [0.25, 0.3) is 5.91 Å². The average Bonchev–Trinajstić information content (AvgIpc) is 2.58. The van der Waals surface area contributed by atoms with Crippen molar-refractivity contribution < 1.29 is 19.1 Å². The van der Waals surface area contributed by atoms with Crippen molar-refractivity contribution in [2.75, 3.05) is 24.6 Å². The summed E-state index contributed by atoms with van der Waals surface area (Å²) in [6.07, 6.45) is 0.617. The van der Waals surface area contributed by atoms with Crippen LogP contribution in [-0.2, 0) is 14.3 Å². The molecule has 0 unspecified atom stereocenters. The van der Waals surface area contributed by atoms with E-state index in [4.69, 9.17) is 4.74 Å². The Morgan fingerprint density at radius 3 is 1.96 bits per heavy atom. The molecule has 0 spiro atoms. The largest absolute Gasteiger partial charge is 0.452 e. The van der Waals surface area contributed by atoms with E-state index < -0.39 is 17.0 Å². The Morgan fingerprint density at radius 2 is 1.50 bits per heavy atom. The van der Waals surface area contributed by atoms with Crippen LogP contribution in [0.4, 0.5) is 5.69 Å². The number of Topliss-reactive ketones (excluding diaryl/α,β-unsaturated/α-hetero) is 1. The molecule has 1 aliphatic rings. The first kappa shape index (κ1) is 21.9. The molecule has 1 heterocycles. The van der Waals surface area contributed by atoms with Crippen molar-refractivity contribution in [3.05, 3.63) is 29.8 Å². The molecule has 1 aromatic rings. The summed E-state index contributed by atoms with van der Waals surface area (Å²) in [5.41, 5.74) is 0.247. The number of nitrogens with zero attached hydrogens (tertiary/aromatic N) is 2. The summed E-state index contributed by atoms with van der Waals surface area (Å²) in [5, 5.41) is 0. The first-order chi connectivity index (χ1) is 13.0. The highest BCUT2D eigenvalue weighted by molar-refractivity contribution is 5.92. The minimum absolute atomic E-state index is 0.143. The summed E-state index contributed by atoms with van der Waals surface area (Å²) >= 11 is 0. The van der Waals surface area contributed by atoms with Crippen LogP contribution < -0.4 is 4.90 Å². The lowest BCUT2D eigenvalue weighted by Gasteiger charge is -2.51. The molecule has 1 fully saturated rings. The second-order valence-corrected chi connectivity index (χ2v) is 8.54. The van der Waals surface area contributed by atoms with Crippen molar-refractivity contribution in [2.24, 2.45) is 0 Å². The number of anilines is 1. The first-order valence-electron chi connectivity index (χ1n) is 9.89. The Balaban J connectivity index is 2.04. The van der Waals surface area contributed by atoms with Crippen LogP contribution in [0, 0.1) is 0 Å². The van der Waals surface area contributed by atoms with Crippen LogP contribution in [0.2, 0.25) is 0 Å². The molecular weight excluding hydrogens is 356 g/mol. The lowest BCUT2D eigenvalue weighted by Crippen LogP contribution is -2.63. The van der Waals surface area contributed by atoms with Gasteiger partial charge in [0.15, 0.2) is 6.61 Å². The van der Waals surface area contributed by atoms with Gasteiger partial charge in [-0.15, -0.1) is 0 Å². The fourth-order valence-electron chi connectivity index (χ4n) is 4.35. The summed E-state index contributed by atoms with van der Waals surface area (Å²) in [6.45, 7) is 13.1. The SMILES string of the molecule is CCN(CC)c1ccc(C(=O)OCC(=O)N2C(C)(C)CC(=O)CC2(C)C)cc1. The molecule has 1 saturated heterocycles. The number of esters is 1. The third kappa shape index (κ3) is 4.72. The number of carbonyl (C=O) groups excluding carboxylic acids is 3. The predicted molar refractivity (Wildman–Crippen MR) is 110 cm³/mol. The molecule has 1 aromatic carbocycles. The zero-order valence-corrected chi connectivity index (χ0v) is 17.9. The number of ether oxygens (including phenoxy) is 1. The Hall–Kier alpha value is -2.37. The number of ketones is 1. The van der Waals surface area contributed by atoms with Crippen molar-refractivity contribution in [3.63, 3.8) is 0 Å². The van der Waals surface area contributed by atoms with E-state index in [1.54, 1.807) is 17.0 Å². The molecule has 154 valence electrons. The Bertz CT molecular complexity index is 713.